The van der Waals surface area contributed by atoms with E-state index in [0.717, 1.165) is 48.7 Å². The smallest absolute Gasteiger partial charge is 0.254 e. The van der Waals surface area contributed by atoms with Crippen molar-refractivity contribution in [3.63, 3.8) is 0 Å². The molecule has 0 N–H and O–H groups in total. The summed E-state index contributed by atoms with van der Waals surface area (Å²) in [5.41, 5.74) is 2.97. The maximum atomic E-state index is 12.5. The number of carbonyl (C=O) groups is 1. The lowest BCUT2D eigenvalue weighted by molar-refractivity contribution is 0.0786. The van der Waals surface area contributed by atoms with Crippen LogP contribution >= 0.6 is 11.3 Å². The van der Waals surface area contributed by atoms with Crippen LogP contribution in [0.25, 0.3) is 11.4 Å². The van der Waals surface area contributed by atoms with Gasteiger partial charge in [0.2, 0.25) is 0 Å². The average Bonchev–Trinajstić information content (AvgIpc) is 3.38. The SMILES string of the molecule is Cc1cnc(-c2cccnc2)n1CC1CCN(C(=O)c2ccsc2)C1. The molecule has 0 aliphatic carbocycles. The Morgan fingerprint density at radius 3 is 3.04 bits per heavy atom. The summed E-state index contributed by atoms with van der Waals surface area (Å²) in [5.74, 6) is 1.55. The van der Waals surface area contributed by atoms with Gasteiger partial charge in [-0.05, 0) is 42.8 Å². The van der Waals surface area contributed by atoms with Crippen molar-refractivity contribution < 1.29 is 4.79 Å². The van der Waals surface area contributed by atoms with Gasteiger partial charge in [-0.3, -0.25) is 9.78 Å². The molecule has 25 heavy (non-hydrogen) atoms. The number of nitrogens with zero attached hydrogens (tertiary/aromatic N) is 4. The van der Waals surface area contributed by atoms with Crippen molar-refractivity contribution in [3.05, 3.63) is 58.8 Å². The molecule has 0 radical (unpaired) electrons. The highest BCUT2D eigenvalue weighted by atomic mass is 32.1. The number of aromatic nitrogens is 3. The Morgan fingerprint density at radius 1 is 1.36 bits per heavy atom. The molecule has 0 bridgehead atoms. The van der Waals surface area contributed by atoms with E-state index in [1.165, 1.54) is 0 Å². The second-order valence-corrected chi connectivity index (χ2v) is 7.27. The Labute approximate surface area is 151 Å². The molecule has 1 aliphatic heterocycles. The molecule has 0 spiro atoms. The monoisotopic (exact) mass is 352 g/mol. The highest BCUT2D eigenvalue weighted by Gasteiger charge is 2.28. The van der Waals surface area contributed by atoms with Gasteiger partial charge >= 0.3 is 0 Å². The Balaban J connectivity index is 1.49. The van der Waals surface area contributed by atoms with Crippen LogP contribution in [0.5, 0.6) is 0 Å². The number of likely N-dealkylation sites (tertiary alicyclic amines) is 1. The first-order valence-electron chi connectivity index (χ1n) is 8.46. The number of carbonyl (C=O) groups excluding carboxylic acids is 1. The standard InChI is InChI=1S/C19H20N4OS/c1-14-9-21-18(16-3-2-6-20-10-16)23(14)12-15-4-7-22(11-15)19(24)17-5-8-25-13-17/h2-3,5-6,8-10,13,15H,4,7,11-12H2,1H3. The Bertz CT molecular complexity index is 857. The molecule has 1 fully saturated rings. The summed E-state index contributed by atoms with van der Waals surface area (Å²) in [4.78, 5) is 23.3. The largest absolute Gasteiger partial charge is 0.338 e. The molecule has 4 rings (SSSR count). The minimum Gasteiger partial charge on any atom is -0.338 e. The van der Waals surface area contributed by atoms with E-state index < -0.39 is 0 Å². The minimum absolute atomic E-state index is 0.151. The molecule has 3 aromatic heterocycles. The number of hydrogen-bond acceptors (Lipinski definition) is 4. The van der Waals surface area contributed by atoms with Gasteiger partial charge in [0.25, 0.3) is 5.91 Å². The summed E-state index contributed by atoms with van der Waals surface area (Å²) in [7, 11) is 0. The number of rotatable bonds is 4. The van der Waals surface area contributed by atoms with Crippen molar-refractivity contribution in [1.82, 2.24) is 19.4 Å². The van der Waals surface area contributed by atoms with Gasteiger partial charge in [-0.2, -0.15) is 11.3 Å². The number of pyridine rings is 1. The topological polar surface area (TPSA) is 51.0 Å². The molecule has 5 nitrogen and oxygen atoms in total. The van der Waals surface area contributed by atoms with Gasteiger partial charge in [-0.1, -0.05) is 0 Å². The maximum Gasteiger partial charge on any atom is 0.254 e. The van der Waals surface area contributed by atoms with E-state index in [1.807, 2.05) is 46.3 Å². The van der Waals surface area contributed by atoms with E-state index in [9.17, 15) is 4.79 Å². The molecule has 1 unspecified atom stereocenters. The zero-order chi connectivity index (χ0) is 17.2. The van der Waals surface area contributed by atoms with E-state index >= 15 is 0 Å². The lowest BCUT2D eigenvalue weighted by Gasteiger charge is -2.17. The number of aryl methyl sites for hydroxylation is 1. The third-order valence-electron chi connectivity index (χ3n) is 4.76. The zero-order valence-corrected chi connectivity index (χ0v) is 14.9. The van der Waals surface area contributed by atoms with E-state index in [2.05, 4.69) is 21.5 Å². The summed E-state index contributed by atoms with van der Waals surface area (Å²) in [6.07, 6.45) is 6.55. The van der Waals surface area contributed by atoms with Crippen molar-refractivity contribution in [3.8, 4) is 11.4 Å². The minimum atomic E-state index is 0.151. The highest BCUT2D eigenvalue weighted by molar-refractivity contribution is 7.08. The van der Waals surface area contributed by atoms with Crippen LogP contribution in [0.1, 0.15) is 22.5 Å². The average molecular weight is 352 g/mol. The molecule has 1 aliphatic rings. The van der Waals surface area contributed by atoms with Crippen LogP contribution in [0, 0.1) is 12.8 Å². The van der Waals surface area contributed by atoms with Gasteiger partial charge in [0, 0.05) is 54.9 Å². The van der Waals surface area contributed by atoms with Gasteiger partial charge in [0.05, 0.1) is 5.56 Å². The molecule has 4 heterocycles. The van der Waals surface area contributed by atoms with Crippen molar-refractivity contribution in [2.24, 2.45) is 5.92 Å². The molecule has 0 saturated carbocycles. The molecule has 3 aromatic rings. The van der Waals surface area contributed by atoms with Crippen molar-refractivity contribution >= 4 is 17.2 Å². The van der Waals surface area contributed by atoms with Crippen LogP contribution in [0.3, 0.4) is 0 Å². The predicted molar refractivity (Wildman–Crippen MR) is 98.5 cm³/mol. The van der Waals surface area contributed by atoms with Crippen molar-refractivity contribution in [1.29, 1.82) is 0 Å². The van der Waals surface area contributed by atoms with E-state index in [1.54, 1.807) is 17.5 Å². The fourth-order valence-electron chi connectivity index (χ4n) is 3.41. The van der Waals surface area contributed by atoms with Crippen LogP contribution in [-0.4, -0.2) is 38.4 Å². The van der Waals surface area contributed by atoms with Crippen LogP contribution in [0.2, 0.25) is 0 Å². The van der Waals surface area contributed by atoms with Gasteiger partial charge in [-0.15, -0.1) is 0 Å². The Morgan fingerprint density at radius 2 is 2.28 bits per heavy atom. The van der Waals surface area contributed by atoms with Gasteiger partial charge in [-0.25, -0.2) is 4.98 Å². The summed E-state index contributed by atoms with van der Waals surface area (Å²) in [5, 5.41) is 3.88. The second-order valence-electron chi connectivity index (χ2n) is 6.49. The first kappa shape index (κ1) is 16.0. The van der Waals surface area contributed by atoms with Crippen molar-refractivity contribution in [2.75, 3.05) is 13.1 Å². The third-order valence-corrected chi connectivity index (χ3v) is 5.44. The van der Waals surface area contributed by atoms with E-state index in [0.29, 0.717) is 5.92 Å². The molecular formula is C19H20N4OS. The van der Waals surface area contributed by atoms with Crippen LogP contribution < -0.4 is 0 Å². The molecule has 0 aromatic carbocycles. The maximum absolute atomic E-state index is 12.5. The molecule has 1 saturated heterocycles. The summed E-state index contributed by atoms with van der Waals surface area (Å²) >= 11 is 1.57. The normalized spacial score (nSPS) is 17.2. The number of hydrogen-bond donors (Lipinski definition) is 0. The molecule has 6 heteroatoms. The summed E-state index contributed by atoms with van der Waals surface area (Å²) in [6, 6.07) is 5.87. The number of amides is 1. The van der Waals surface area contributed by atoms with Crippen LogP contribution in [0.4, 0.5) is 0 Å². The van der Waals surface area contributed by atoms with Gasteiger partial charge in [0.15, 0.2) is 0 Å². The Hall–Kier alpha value is -2.47. The third kappa shape index (κ3) is 3.22. The Kier molecular flexibility index (Phi) is 4.36. The van der Waals surface area contributed by atoms with Crippen LogP contribution in [0.15, 0.2) is 47.5 Å². The van der Waals surface area contributed by atoms with Crippen LogP contribution in [-0.2, 0) is 6.54 Å². The highest BCUT2D eigenvalue weighted by Crippen LogP contribution is 2.25. The number of thiophene rings is 1. The van der Waals surface area contributed by atoms with Gasteiger partial charge in [0.1, 0.15) is 5.82 Å². The zero-order valence-electron chi connectivity index (χ0n) is 14.1. The second kappa shape index (κ2) is 6.80. The van der Waals surface area contributed by atoms with Gasteiger partial charge < -0.3 is 9.47 Å². The molecular weight excluding hydrogens is 332 g/mol. The quantitative estimate of drug-likeness (QED) is 0.722. The molecule has 1 atom stereocenters. The lowest BCUT2D eigenvalue weighted by atomic mass is 10.1. The molecule has 1 amide bonds. The molecule has 128 valence electrons. The van der Waals surface area contributed by atoms with E-state index in [4.69, 9.17) is 0 Å². The van der Waals surface area contributed by atoms with Crippen molar-refractivity contribution in [2.45, 2.75) is 19.9 Å². The summed E-state index contributed by atoms with van der Waals surface area (Å²) < 4.78 is 2.25. The van der Waals surface area contributed by atoms with E-state index in [-0.39, 0.29) is 5.91 Å². The lowest BCUT2D eigenvalue weighted by Crippen LogP contribution is -2.29. The first-order chi connectivity index (χ1) is 12.2. The fraction of sp³-hybridized carbons (Fsp3) is 0.316. The first-order valence-corrected chi connectivity index (χ1v) is 9.40. The summed E-state index contributed by atoms with van der Waals surface area (Å²) in [6.45, 7) is 4.59. The number of imidazole rings is 1. The predicted octanol–water partition coefficient (Wildman–Crippen LogP) is 3.48. The fourth-order valence-corrected chi connectivity index (χ4v) is 4.04.